The Kier molecular flexibility index (Phi) is 4.08. The SMILES string of the molecule is NC(c1cccnc1)C(c1ccccc1)c1ccccc1. The van der Waals surface area contributed by atoms with Gasteiger partial charge in [-0.1, -0.05) is 66.7 Å². The molecule has 2 nitrogen and oxygen atoms in total. The van der Waals surface area contributed by atoms with Crippen LogP contribution in [0.4, 0.5) is 0 Å². The van der Waals surface area contributed by atoms with Gasteiger partial charge in [0.15, 0.2) is 0 Å². The minimum absolute atomic E-state index is 0.122. The van der Waals surface area contributed by atoms with Crippen molar-refractivity contribution >= 4 is 0 Å². The molecule has 0 aliphatic heterocycles. The van der Waals surface area contributed by atoms with Crippen LogP contribution in [0.25, 0.3) is 0 Å². The topological polar surface area (TPSA) is 38.9 Å². The summed E-state index contributed by atoms with van der Waals surface area (Å²) < 4.78 is 0. The number of nitrogens with zero attached hydrogens (tertiary/aromatic N) is 1. The quantitative estimate of drug-likeness (QED) is 0.783. The van der Waals surface area contributed by atoms with Crippen LogP contribution in [0.3, 0.4) is 0 Å². The molecule has 0 aliphatic rings. The van der Waals surface area contributed by atoms with Gasteiger partial charge in [-0.25, -0.2) is 0 Å². The van der Waals surface area contributed by atoms with E-state index in [2.05, 4.69) is 53.5 Å². The van der Waals surface area contributed by atoms with Gasteiger partial charge in [-0.2, -0.15) is 0 Å². The number of benzene rings is 2. The summed E-state index contributed by atoms with van der Waals surface area (Å²) in [6.07, 6.45) is 3.62. The van der Waals surface area contributed by atoms with Gasteiger partial charge in [-0.05, 0) is 22.8 Å². The summed E-state index contributed by atoms with van der Waals surface area (Å²) in [7, 11) is 0. The molecular formula is C19H18N2. The molecule has 104 valence electrons. The van der Waals surface area contributed by atoms with Crippen LogP contribution in [-0.2, 0) is 0 Å². The lowest BCUT2D eigenvalue weighted by atomic mass is 9.83. The van der Waals surface area contributed by atoms with E-state index in [1.807, 2.05) is 30.5 Å². The fraction of sp³-hybridized carbons (Fsp3) is 0.105. The Labute approximate surface area is 125 Å². The van der Waals surface area contributed by atoms with Gasteiger partial charge in [0.05, 0.1) is 0 Å². The molecule has 1 aromatic heterocycles. The maximum Gasteiger partial charge on any atom is 0.0421 e. The zero-order chi connectivity index (χ0) is 14.5. The van der Waals surface area contributed by atoms with E-state index in [1.165, 1.54) is 11.1 Å². The standard InChI is InChI=1S/C19H18N2/c20-19(17-12-7-13-21-14-17)18(15-8-3-1-4-9-15)16-10-5-2-6-11-16/h1-14,18-19H,20H2. The number of rotatable bonds is 4. The molecule has 0 saturated heterocycles. The third-order valence-electron chi connectivity index (χ3n) is 3.75. The third kappa shape index (κ3) is 3.01. The second-order valence-corrected chi connectivity index (χ2v) is 5.11. The van der Waals surface area contributed by atoms with Gasteiger partial charge >= 0.3 is 0 Å². The Hall–Kier alpha value is -2.45. The molecule has 0 aliphatic carbocycles. The monoisotopic (exact) mass is 274 g/mol. The molecule has 0 fully saturated rings. The molecule has 0 radical (unpaired) electrons. The first kappa shape index (κ1) is 13.5. The third-order valence-corrected chi connectivity index (χ3v) is 3.75. The van der Waals surface area contributed by atoms with Crippen LogP contribution in [0.15, 0.2) is 85.2 Å². The zero-order valence-electron chi connectivity index (χ0n) is 11.8. The normalized spacial score (nSPS) is 12.3. The minimum atomic E-state index is -0.122. The summed E-state index contributed by atoms with van der Waals surface area (Å²) >= 11 is 0. The fourth-order valence-corrected chi connectivity index (χ4v) is 2.69. The summed E-state index contributed by atoms with van der Waals surface area (Å²) in [6.45, 7) is 0. The maximum absolute atomic E-state index is 6.56. The summed E-state index contributed by atoms with van der Waals surface area (Å²) in [4.78, 5) is 4.20. The summed E-state index contributed by atoms with van der Waals surface area (Å²) in [5, 5.41) is 0. The van der Waals surface area contributed by atoms with Crippen molar-refractivity contribution in [3.8, 4) is 0 Å². The van der Waals surface area contributed by atoms with Crippen molar-refractivity contribution in [2.75, 3.05) is 0 Å². The van der Waals surface area contributed by atoms with Crippen LogP contribution in [-0.4, -0.2) is 4.98 Å². The highest BCUT2D eigenvalue weighted by Crippen LogP contribution is 2.34. The van der Waals surface area contributed by atoms with Crippen LogP contribution in [0.5, 0.6) is 0 Å². The molecular weight excluding hydrogens is 256 g/mol. The molecule has 0 spiro atoms. The first-order valence-electron chi connectivity index (χ1n) is 7.11. The van der Waals surface area contributed by atoms with Crippen molar-refractivity contribution in [1.29, 1.82) is 0 Å². The van der Waals surface area contributed by atoms with Gasteiger partial charge in [0.2, 0.25) is 0 Å². The lowest BCUT2D eigenvalue weighted by Crippen LogP contribution is -2.21. The van der Waals surface area contributed by atoms with Crippen molar-refractivity contribution in [3.63, 3.8) is 0 Å². The molecule has 2 heteroatoms. The molecule has 2 aromatic carbocycles. The highest BCUT2D eigenvalue weighted by atomic mass is 14.7. The van der Waals surface area contributed by atoms with Crippen LogP contribution in [0, 0.1) is 0 Å². The first-order chi connectivity index (χ1) is 10.4. The number of pyridine rings is 1. The summed E-state index contributed by atoms with van der Waals surface area (Å²) in [5.41, 5.74) is 10.1. The van der Waals surface area contributed by atoms with E-state index in [0.717, 1.165) is 5.56 Å². The van der Waals surface area contributed by atoms with Crippen molar-refractivity contribution in [2.24, 2.45) is 5.73 Å². The Balaban J connectivity index is 2.05. The average molecular weight is 274 g/mol. The van der Waals surface area contributed by atoms with Crippen molar-refractivity contribution in [1.82, 2.24) is 4.98 Å². The Morgan fingerprint density at radius 3 is 1.67 bits per heavy atom. The molecule has 0 saturated carbocycles. The lowest BCUT2D eigenvalue weighted by Gasteiger charge is -2.25. The van der Waals surface area contributed by atoms with Crippen LogP contribution in [0.2, 0.25) is 0 Å². The van der Waals surface area contributed by atoms with E-state index in [4.69, 9.17) is 5.73 Å². The van der Waals surface area contributed by atoms with Gasteiger partial charge in [0.25, 0.3) is 0 Å². The smallest absolute Gasteiger partial charge is 0.0421 e. The molecule has 21 heavy (non-hydrogen) atoms. The number of nitrogens with two attached hydrogens (primary N) is 1. The van der Waals surface area contributed by atoms with E-state index in [1.54, 1.807) is 6.20 Å². The van der Waals surface area contributed by atoms with Gasteiger partial charge < -0.3 is 5.73 Å². The van der Waals surface area contributed by atoms with Crippen LogP contribution < -0.4 is 5.73 Å². The number of hydrogen-bond acceptors (Lipinski definition) is 2. The Morgan fingerprint density at radius 1 is 0.667 bits per heavy atom. The second kappa shape index (κ2) is 6.33. The van der Waals surface area contributed by atoms with Gasteiger partial charge in [0, 0.05) is 24.4 Å². The van der Waals surface area contributed by atoms with E-state index in [-0.39, 0.29) is 12.0 Å². The molecule has 0 bridgehead atoms. The molecule has 1 atom stereocenters. The van der Waals surface area contributed by atoms with E-state index in [9.17, 15) is 0 Å². The molecule has 0 amide bonds. The second-order valence-electron chi connectivity index (χ2n) is 5.11. The number of aromatic nitrogens is 1. The van der Waals surface area contributed by atoms with Crippen LogP contribution in [0.1, 0.15) is 28.7 Å². The molecule has 1 heterocycles. The van der Waals surface area contributed by atoms with Gasteiger partial charge in [0.1, 0.15) is 0 Å². The Morgan fingerprint density at radius 2 is 1.19 bits per heavy atom. The van der Waals surface area contributed by atoms with Crippen molar-refractivity contribution in [2.45, 2.75) is 12.0 Å². The average Bonchev–Trinajstić information content (AvgIpc) is 2.58. The van der Waals surface area contributed by atoms with Gasteiger partial charge in [-0.15, -0.1) is 0 Å². The van der Waals surface area contributed by atoms with Crippen LogP contribution >= 0.6 is 0 Å². The highest BCUT2D eigenvalue weighted by Gasteiger charge is 2.23. The molecule has 2 N–H and O–H groups in total. The predicted molar refractivity (Wildman–Crippen MR) is 85.9 cm³/mol. The van der Waals surface area contributed by atoms with Gasteiger partial charge in [-0.3, -0.25) is 4.98 Å². The lowest BCUT2D eigenvalue weighted by molar-refractivity contribution is 0.627. The van der Waals surface area contributed by atoms with E-state index in [0.29, 0.717) is 0 Å². The summed E-state index contributed by atoms with van der Waals surface area (Å²) in [5.74, 6) is 0.122. The van der Waals surface area contributed by atoms with Crippen molar-refractivity contribution < 1.29 is 0 Å². The predicted octanol–water partition coefficient (Wildman–Crippen LogP) is 3.91. The largest absolute Gasteiger partial charge is 0.323 e. The van der Waals surface area contributed by atoms with E-state index < -0.39 is 0 Å². The summed E-state index contributed by atoms with van der Waals surface area (Å²) in [6, 6.07) is 24.7. The van der Waals surface area contributed by atoms with Crippen molar-refractivity contribution in [3.05, 3.63) is 102 Å². The minimum Gasteiger partial charge on any atom is -0.323 e. The number of hydrogen-bond donors (Lipinski definition) is 1. The Bertz CT molecular complexity index is 626. The maximum atomic E-state index is 6.56. The van der Waals surface area contributed by atoms with E-state index >= 15 is 0 Å². The zero-order valence-corrected chi connectivity index (χ0v) is 11.8. The highest BCUT2D eigenvalue weighted by molar-refractivity contribution is 5.36. The first-order valence-corrected chi connectivity index (χ1v) is 7.11. The molecule has 3 aromatic rings. The molecule has 1 unspecified atom stereocenters. The molecule has 3 rings (SSSR count). The fourth-order valence-electron chi connectivity index (χ4n) is 2.69.